The summed E-state index contributed by atoms with van der Waals surface area (Å²) in [5.41, 5.74) is 2.96. The number of benzene rings is 1. The maximum absolute atomic E-state index is 11.5. The van der Waals surface area contributed by atoms with E-state index in [1.807, 2.05) is 25.1 Å². The molecule has 3 heteroatoms. The maximum atomic E-state index is 11.5. The Morgan fingerprint density at radius 1 is 1.22 bits per heavy atom. The minimum absolute atomic E-state index is 0.0346. The summed E-state index contributed by atoms with van der Waals surface area (Å²) in [6.07, 6.45) is 5.04. The van der Waals surface area contributed by atoms with Crippen molar-refractivity contribution in [3.05, 3.63) is 29.3 Å². The second kappa shape index (κ2) is 7.75. The highest BCUT2D eigenvalue weighted by Crippen LogP contribution is 2.16. The molecular weight excluding hydrogens is 224 g/mol. The molecule has 1 aromatic rings. The van der Waals surface area contributed by atoms with E-state index in [4.69, 9.17) is 0 Å². The van der Waals surface area contributed by atoms with Crippen LogP contribution in [0.25, 0.3) is 0 Å². The van der Waals surface area contributed by atoms with Gasteiger partial charge in [-0.25, -0.2) is 0 Å². The van der Waals surface area contributed by atoms with Gasteiger partial charge in [-0.15, -0.1) is 0 Å². The number of hydrogen-bond acceptors (Lipinski definition) is 2. The minimum atomic E-state index is -0.0346. The Morgan fingerprint density at radius 2 is 2.00 bits per heavy atom. The molecule has 0 unspecified atom stereocenters. The standard InChI is InChI=1S/C15H24N2O/c1-4-5-6-7-10-17-14-9-8-13(11-12(14)2)15(18)16-3/h8-9,11,17H,4-7,10H2,1-3H3,(H,16,18). The summed E-state index contributed by atoms with van der Waals surface area (Å²) >= 11 is 0. The quantitative estimate of drug-likeness (QED) is 0.727. The van der Waals surface area contributed by atoms with Crippen LogP contribution in [0, 0.1) is 6.92 Å². The van der Waals surface area contributed by atoms with Crippen LogP contribution in [0.2, 0.25) is 0 Å². The van der Waals surface area contributed by atoms with Crippen molar-refractivity contribution in [1.29, 1.82) is 0 Å². The maximum Gasteiger partial charge on any atom is 0.251 e. The van der Waals surface area contributed by atoms with Crippen LogP contribution in [-0.2, 0) is 0 Å². The molecule has 0 aliphatic rings. The molecule has 0 fully saturated rings. The smallest absolute Gasteiger partial charge is 0.251 e. The first-order valence-corrected chi connectivity index (χ1v) is 6.75. The van der Waals surface area contributed by atoms with Gasteiger partial charge in [0.1, 0.15) is 0 Å². The summed E-state index contributed by atoms with van der Waals surface area (Å²) in [6.45, 7) is 5.25. The van der Waals surface area contributed by atoms with Crippen molar-refractivity contribution in [2.24, 2.45) is 0 Å². The zero-order valence-corrected chi connectivity index (χ0v) is 11.7. The van der Waals surface area contributed by atoms with Gasteiger partial charge in [0.2, 0.25) is 0 Å². The average molecular weight is 248 g/mol. The summed E-state index contributed by atoms with van der Waals surface area (Å²) in [4.78, 5) is 11.5. The SMILES string of the molecule is CCCCCCNc1ccc(C(=O)NC)cc1C. The first kappa shape index (κ1) is 14.6. The number of nitrogens with one attached hydrogen (secondary N) is 2. The topological polar surface area (TPSA) is 41.1 Å². The Balaban J connectivity index is 2.49. The Morgan fingerprint density at radius 3 is 2.61 bits per heavy atom. The van der Waals surface area contributed by atoms with E-state index in [2.05, 4.69) is 17.6 Å². The average Bonchev–Trinajstić information content (AvgIpc) is 2.39. The van der Waals surface area contributed by atoms with E-state index < -0.39 is 0 Å². The Kier molecular flexibility index (Phi) is 6.26. The highest BCUT2D eigenvalue weighted by Gasteiger charge is 2.05. The van der Waals surface area contributed by atoms with Crippen molar-refractivity contribution in [3.63, 3.8) is 0 Å². The van der Waals surface area contributed by atoms with Crippen molar-refractivity contribution < 1.29 is 4.79 Å². The second-order valence-corrected chi connectivity index (χ2v) is 4.60. The van der Waals surface area contributed by atoms with Gasteiger partial charge in [-0.3, -0.25) is 4.79 Å². The Hall–Kier alpha value is -1.51. The zero-order valence-electron chi connectivity index (χ0n) is 11.7. The first-order valence-electron chi connectivity index (χ1n) is 6.75. The molecule has 0 bridgehead atoms. The van der Waals surface area contributed by atoms with Crippen LogP contribution in [0.1, 0.15) is 48.5 Å². The summed E-state index contributed by atoms with van der Waals surface area (Å²) < 4.78 is 0. The molecule has 0 spiro atoms. The van der Waals surface area contributed by atoms with Gasteiger partial charge in [0, 0.05) is 24.8 Å². The van der Waals surface area contributed by atoms with E-state index >= 15 is 0 Å². The molecule has 0 aliphatic carbocycles. The van der Waals surface area contributed by atoms with Crippen molar-refractivity contribution in [3.8, 4) is 0 Å². The van der Waals surface area contributed by atoms with Crippen LogP contribution in [-0.4, -0.2) is 19.5 Å². The van der Waals surface area contributed by atoms with Crippen molar-refractivity contribution in [2.75, 3.05) is 18.9 Å². The number of hydrogen-bond donors (Lipinski definition) is 2. The van der Waals surface area contributed by atoms with Crippen molar-refractivity contribution in [1.82, 2.24) is 5.32 Å². The monoisotopic (exact) mass is 248 g/mol. The van der Waals surface area contributed by atoms with Gasteiger partial charge in [0.05, 0.1) is 0 Å². The molecule has 0 aliphatic heterocycles. The van der Waals surface area contributed by atoms with Crippen LogP contribution in [0.5, 0.6) is 0 Å². The molecule has 3 nitrogen and oxygen atoms in total. The van der Waals surface area contributed by atoms with E-state index in [1.165, 1.54) is 25.7 Å². The molecule has 1 amide bonds. The number of carbonyl (C=O) groups is 1. The van der Waals surface area contributed by atoms with E-state index in [0.717, 1.165) is 17.8 Å². The Bertz CT molecular complexity index is 388. The molecule has 0 saturated heterocycles. The molecular formula is C15H24N2O. The van der Waals surface area contributed by atoms with Gasteiger partial charge in [-0.2, -0.15) is 0 Å². The van der Waals surface area contributed by atoms with E-state index in [9.17, 15) is 4.79 Å². The molecule has 100 valence electrons. The molecule has 0 radical (unpaired) electrons. The number of anilines is 1. The van der Waals surface area contributed by atoms with E-state index in [0.29, 0.717) is 5.56 Å². The van der Waals surface area contributed by atoms with Gasteiger partial charge in [0.25, 0.3) is 5.91 Å². The molecule has 0 heterocycles. The van der Waals surface area contributed by atoms with Crippen LogP contribution in [0.4, 0.5) is 5.69 Å². The lowest BCUT2D eigenvalue weighted by atomic mass is 10.1. The van der Waals surface area contributed by atoms with Crippen molar-refractivity contribution in [2.45, 2.75) is 39.5 Å². The number of carbonyl (C=O) groups excluding carboxylic acids is 1. The predicted octanol–water partition coefficient (Wildman–Crippen LogP) is 3.35. The third kappa shape index (κ3) is 4.40. The van der Waals surface area contributed by atoms with Crippen molar-refractivity contribution >= 4 is 11.6 Å². The van der Waals surface area contributed by atoms with Gasteiger partial charge < -0.3 is 10.6 Å². The molecule has 1 aromatic carbocycles. The van der Waals surface area contributed by atoms with Crippen LogP contribution in [0.15, 0.2) is 18.2 Å². The lowest BCUT2D eigenvalue weighted by Gasteiger charge is -2.10. The Labute approximate surface area is 110 Å². The summed E-state index contributed by atoms with van der Waals surface area (Å²) in [6, 6.07) is 5.77. The predicted molar refractivity (Wildman–Crippen MR) is 77.2 cm³/mol. The van der Waals surface area contributed by atoms with Gasteiger partial charge in [-0.1, -0.05) is 26.2 Å². The number of aryl methyl sites for hydroxylation is 1. The molecule has 0 atom stereocenters. The number of unbranched alkanes of at least 4 members (excludes halogenated alkanes) is 3. The lowest BCUT2D eigenvalue weighted by Crippen LogP contribution is -2.18. The molecule has 0 saturated carbocycles. The number of amides is 1. The zero-order chi connectivity index (χ0) is 13.4. The summed E-state index contributed by atoms with van der Waals surface area (Å²) in [5, 5.41) is 6.06. The van der Waals surface area contributed by atoms with E-state index in [-0.39, 0.29) is 5.91 Å². The second-order valence-electron chi connectivity index (χ2n) is 4.60. The summed E-state index contributed by atoms with van der Waals surface area (Å²) in [5.74, 6) is -0.0346. The summed E-state index contributed by atoms with van der Waals surface area (Å²) in [7, 11) is 1.65. The fraction of sp³-hybridized carbons (Fsp3) is 0.533. The van der Waals surface area contributed by atoms with Crippen LogP contribution >= 0.6 is 0 Å². The minimum Gasteiger partial charge on any atom is -0.385 e. The largest absolute Gasteiger partial charge is 0.385 e. The first-order chi connectivity index (χ1) is 8.69. The molecule has 18 heavy (non-hydrogen) atoms. The third-order valence-electron chi connectivity index (χ3n) is 3.06. The highest BCUT2D eigenvalue weighted by molar-refractivity contribution is 5.94. The normalized spacial score (nSPS) is 10.2. The van der Waals surface area contributed by atoms with Crippen LogP contribution in [0.3, 0.4) is 0 Å². The van der Waals surface area contributed by atoms with Gasteiger partial charge in [0.15, 0.2) is 0 Å². The number of rotatable bonds is 7. The molecule has 0 aromatic heterocycles. The molecule has 2 N–H and O–H groups in total. The third-order valence-corrected chi connectivity index (χ3v) is 3.06. The van der Waals surface area contributed by atoms with Crippen LogP contribution < -0.4 is 10.6 Å². The molecule has 1 rings (SSSR count). The van der Waals surface area contributed by atoms with E-state index in [1.54, 1.807) is 7.05 Å². The van der Waals surface area contributed by atoms with Gasteiger partial charge in [-0.05, 0) is 37.1 Å². The van der Waals surface area contributed by atoms with Gasteiger partial charge >= 0.3 is 0 Å². The lowest BCUT2D eigenvalue weighted by molar-refractivity contribution is 0.0963. The highest BCUT2D eigenvalue weighted by atomic mass is 16.1. The fourth-order valence-electron chi connectivity index (χ4n) is 1.92. The fourth-order valence-corrected chi connectivity index (χ4v) is 1.92.